The molecule has 0 radical (unpaired) electrons. The zero-order valence-electron chi connectivity index (χ0n) is 14.7. The van der Waals surface area contributed by atoms with E-state index in [4.69, 9.17) is 15.2 Å². The summed E-state index contributed by atoms with van der Waals surface area (Å²) in [5.74, 6) is 0.700. The summed E-state index contributed by atoms with van der Waals surface area (Å²) in [4.78, 5) is 16.0. The Morgan fingerprint density at radius 2 is 2.38 bits per heavy atom. The first kappa shape index (κ1) is 17.9. The summed E-state index contributed by atoms with van der Waals surface area (Å²) >= 11 is 0. The number of benzene rings is 1. The molecule has 0 spiro atoms. The van der Waals surface area contributed by atoms with Crippen molar-refractivity contribution in [3.05, 3.63) is 41.7 Å². The lowest BCUT2D eigenvalue weighted by Crippen LogP contribution is -2.35. The lowest BCUT2D eigenvalue weighted by molar-refractivity contribution is -0.123. The number of aromatic nitrogens is 2. The Hall–Kier alpha value is -2.87. The molecule has 1 saturated heterocycles. The maximum atomic E-state index is 12.0. The number of anilines is 1. The van der Waals surface area contributed by atoms with Crippen LogP contribution in [0.2, 0.25) is 0 Å². The van der Waals surface area contributed by atoms with E-state index in [2.05, 4.69) is 15.4 Å². The highest BCUT2D eigenvalue weighted by molar-refractivity contribution is 5.84. The Labute approximate surface area is 152 Å². The van der Waals surface area contributed by atoms with Gasteiger partial charge >= 0.3 is 0 Å². The van der Waals surface area contributed by atoms with Crippen LogP contribution < -0.4 is 15.8 Å². The summed E-state index contributed by atoms with van der Waals surface area (Å²) in [6, 6.07) is 7.35. The van der Waals surface area contributed by atoms with Gasteiger partial charge in [0.2, 0.25) is 5.95 Å². The molecule has 2 heterocycles. The van der Waals surface area contributed by atoms with Gasteiger partial charge in [-0.05, 0) is 31.9 Å². The first-order valence-electron chi connectivity index (χ1n) is 8.58. The van der Waals surface area contributed by atoms with Gasteiger partial charge in [0.1, 0.15) is 5.75 Å². The number of nitrogen functional groups attached to an aromatic ring is 1. The van der Waals surface area contributed by atoms with Gasteiger partial charge in [-0.15, -0.1) is 0 Å². The van der Waals surface area contributed by atoms with Crippen LogP contribution in [0.3, 0.4) is 0 Å². The van der Waals surface area contributed by atoms with Crippen LogP contribution >= 0.6 is 0 Å². The van der Waals surface area contributed by atoms with Crippen molar-refractivity contribution in [3.8, 4) is 5.75 Å². The van der Waals surface area contributed by atoms with E-state index >= 15 is 0 Å². The summed E-state index contributed by atoms with van der Waals surface area (Å²) in [5, 5.41) is 7.11. The predicted octanol–water partition coefficient (Wildman–Crippen LogP) is 1.33. The fourth-order valence-electron chi connectivity index (χ4n) is 2.67. The van der Waals surface area contributed by atoms with Gasteiger partial charge in [0.05, 0.1) is 24.2 Å². The number of para-hydroxylation sites is 1. The Morgan fingerprint density at radius 1 is 1.54 bits per heavy atom. The van der Waals surface area contributed by atoms with Gasteiger partial charge in [0.15, 0.2) is 6.61 Å². The highest BCUT2D eigenvalue weighted by atomic mass is 16.5. The Morgan fingerprint density at radius 3 is 3.12 bits per heavy atom. The molecule has 1 fully saturated rings. The highest BCUT2D eigenvalue weighted by Gasteiger charge is 2.16. The first-order valence-corrected chi connectivity index (χ1v) is 8.58. The molecule has 26 heavy (non-hydrogen) atoms. The number of carbonyl (C=O) groups excluding carboxylic acids is 1. The fraction of sp³-hybridized carbons (Fsp3) is 0.389. The van der Waals surface area contributed by atoms with Crippen LogP contribution in [-0.2, 0) is 9.53 Å². The number of carbonyl (C=O) groups is 1. The Kier molecular flexibility index (Phi) is 5.85. The van der Waals surface area contributed by atoms with Crippen molar-refractivity contribution in [1.82, 2.24) is 15.0 Å². The zero-order valence-corrected chi connectivity index (χ0v) is 14.7. The van der Waals surface area contributed by atoms with Crippen molar-refractivity contribution < 1.29 is 14.3 Å². The molecule has 1 aromatic heterocycles. The maximum absolute atomic E-state index is 12.0. The molecule has 1 aromatic carbocycles. The standard InChI is InChI=1S/C18H23N5O3/c1-13-11-23(18(19)22-13)21-9-14-5-2-3-7-16(14)26-12-17(24)20-10-15-6-4-8-25-15/h2-3,5,7,9,11,15H,4,6,8,10,12H2,1H3,(H2,19,22)(H,20,24). The SMILES string of the molecule is Cc1cn(N=Cc2ccccc2OCC(=O)NCC2CCCO2)c(N)n1. The molecule has 0 aliphatic carbocycles. The van der Waals surface area contributed by atoms with Gasteiger partial charge < -0.3 is 20.5 Å². The third-order valence-corrected chi connectivity index (χ3v) is 3.98. The predicted molar refractivity (Wildman–Crippen MR) is 98.3 cm³/mol. The van der Waals surface area contributed by atoms with Gasteiger partial charge in [-0.25, -0.2) is 9.66 Å². The molecule has 1 unspecified atom stereocenters. The third-order valence-electron chi connectivity index (χ3n) is 3.98. The van der Waals surface area contributed by atoms with Crippen LogP contribution in [0.15, 0.2) is 35.6 Å². The summed E-state index contributed by atoms with van der Waals surface area (Å²) in [6.45, 7) is 3.06. The van der Waals surface area contributed by atoms with Crippen LogP contribution in [-0.4, -0.2) is 47.6 Å². The minimum absolute atomic E-state index is 0.0656. The van der Waals surface area contributed by atoms with Crippen molar-refractivity contribution >= 4 is 18.1 Å². The van der Waals surface area contributed by atoms with Gasteiger partial charge in [-0.3, -0.25) is 4.79 Å². The molecule has 0 bridgehead atoms. The van der Waals surface area contributed by atoms with Crippen LogP contribution in [0, 0.1) is 6.92 Å². The number of rotatable bonds is 7. The smallest absolute Gasteiger partial charge is 0.258 e. The number of aryl methyl sites for hydroxylation is 1. The number of ether oxygens (including phenoxy) is 2. The van der Waals surface area contributed by atoms with E-state index < -0.39 is 0 Å². The van der Waals surface area contributed by atoms with Gasteiger partial charge in [0, 0.05) is 18.7 Å². The quantitative estimate of drug-likeness (QED) is 0.728. The van der Waals surface area contributed by atoms with Crippen LogP contribution in [0.1, 0.15) is 24.1 Å². The number of amides is 1. The van der Waals surface area contributed by atoms with Gasteiger partial charge in [-0.2, -0.15) is 5.10 Å². The minimum atomic E-state index is -0.179. The topological polar surface area (TPSA) is 104 Å². The number of hydrogen-bond acceptors (Lipinski definition) is 6. The van der Waals surface area contributed by atoms with Crippen molar-refractivity contribution in [2.45, 2.75) is 25.9 Å². The molecule has 8 heteroatoms. The number of imidazole rings is 1. The first-order chi connectivity index (χ1) is 12.6. The summed E-state index contributed by atoms with van der Waals surface area (Å²) in [7, 11) is 0. The average molecular weight is 357 g/mol. The zero-order chi connectivity index (χ0) is 18.4. The number of nitrogens with zero attached hydrogens (tertiary/aromatic N) is 3. The molecule has 138 valence electrons. The van der Waals surface area contributed by atoms with Gasteiger partial charge in [0.25, 0.3) is 5.91 Å². The van der Waals surface area contributed by atoms with E-state index in [0.717, 1.165) is 30.7 Å². The minimum Gasteiger partial charge on any atom is -0.483 e. The number of hydrogen-bond donors (Lipinski definition) is 2. The molecule has 0 saturated carbocycles. The van der Waals surface area contributed by atoms with E-state index in [9.17, 15) is 4.79 Å². The van der Waals surface area contributed by atoms with E-state index in [1.54, 1.807) is 18.5 Å². The Bertz CT molecular complexity index is 781. The lowest BCUT2D eigenvalue weighted by Gasteiger charge is -2.12. The summed E-state index contributed by atoms with van der Waals surface area (Å²) in [6.07, 6.45) is 5.50. The molecule has 3 rings (SSSR count). The second kappa shape index (κ2) is 8.48. The summed E-state index contributed by atoms with van der Waals surface area (Å²) < 4.78 is 12.6. The molecule has 1 atom stereocenters. The Balaban J connectivity index is 1.56. The van der Waals surface area contributed by atoms with E-state index in [0.29, 0.717) is 18.2 Å². The number of nitrogens with two attached hydrogens (primary N) is 1. The van der Waals surface area contributed by atoms with Crippen LogP contribution in [0.5, 0.6) is 5.75 Å². The molecular formula is C18H23N5O3. The molecular weight excluding hydrogens is 334 g/mol. The molecule has 1 aliphatic rings. The van der Waals surface area contributed by atoms with Crippen molar-refractivity contribution in [2.24, 2.45) is 5.10 Å². The largest absolute Gasteiger partial charge is 0.483 e. The highest BCUT2D eigenvalue weighted by Crippen LogP contribution is 2.16. The van der Waals surface area contributed by atoms with Crippen molar-refractivity contribution in [2.75, 3.05) is 25.5 Å². The molecule has 1 amide bonds. The third kappa shape index (κ3) is 4.82. The molecule has 1 aliphatic heterocycles. The van der Waals surface area contributed by atoms with Crippen molar-refractivity contribution in [3.63, 3.8) is 0 Å². The second-order valence-electron chi connectivity index (χ2n) is 6.10. The molecule has 8 nitrogen and oxygen atoms in total. The van der Waals surface area contributed by atoms with Gasteiger partial charge in [-0.1, -0.05) is 12.1 Å². The summed E-state index contributed by atoms with van der Waals surface area (Å²) in [5.41, 5.74) is 7.30. The molecule has 3 N–H and O–H groups in total. The fourth-order valence-corrected chi connectivity index (χ4v) is 2.67. The average Bonchev–Trinajstić information content (AvgIpc) is 3.26. The monoisotopic (exact) mass is 357 g/mol. The lowest BCUT2D eigenvalue weighted by atomic mass is 10.2. The molecule has 2 aromatic rings. The normalized spacial score (nSPS) is 16.9. The number of nitrogens with one attached hydrogen (secondary N) is 1. The van der Waals surface area contributed by atoms with Crippen molar-refractivity contribution in [1.29, 1.82) is 0 Å². The second-order valence-corrected chi connectivity index (χ2v) is 6.10. The maximum Gasteiger partial charge on any atom is 0.258 e. The van der Waals surface area contributed by atoms with Crippen LogP contribution in [0.4, 0.5) is 5.95 Å². The van der Waals surface area contributed by atoms with E-state index in [1.807, 2.05) is 25.1 Å². The van der Waals surface area contributed by atoms with E-state index in [1.165, 1.54) is 4.68 Å². The van der Waals surface area contributed by atoms with E-state index in [-0.39, 0.29) is 18.6 Å². The van der Waals surface area contributed by atoms with Crippen LogP contribution in [0.25, 0.3) is 0 Å².